The summed E-state index contributed by atoms with van der Waals surface area (Å²) >= 11 is 0. The van der Waals surface area contributed by atoms with Crippen LogP contribution < -0.4 is 5.32 Å². The van der Waals surface area contributed by atoms with Crippen molar-refractivity contribution >= 4 is 5.78 Å². The zero-order valence-electron chi connectivity index (χ0n) is 11.6. The molecule has 0 amide bonds. The average Bonchev–Trinajstić information content (AvgIpc) is 2.22. The Morgan fingerprint density at radius 2 is 2.00 bits per heavy atom. The minimum Gasteiger partial charge on any atom is -0.315 e. The quantitative estimate of drug-likeness (QED) is 0.620. The standard InChI is InChI=1S/C15H22FNO/c1-10(2)17-7-5-6-14(18)15-12(4)8-11(3)9-13(15)16/h8-10,17H,5-7H2,1-4H3. The molecule has 100 valence electrons. The van der Waals surface area contributed by atoms with Crippen LogP contribution in [0, 0.1) is 19.7 Å². The van der Waals surface area contributed by atoms with Gasteiger partial charge in [-0.3, -0.25) is 4.79 Å². The lowest BCUT2D eigenvalue weighted by molar-refractivity contribution is 0.0975. The summed E-state index contributed by atoms with van der Waals surface area (Å²) in [6.07, 6.45) is 1.13. The molecule has 0 heterocycles. The first-order valence-electron chi connectivity index (χ1n) is 6.45. The van der Waals surface area contributed by atoms with Gasteiger partial charge in [0.2, 0.25) is 0 Å². The molecule has 0 bridgehead atoms. The van der Waals surface area contributed by atoms with E-state index in [1.54, 1.807) is 6.92 Å². The first kappa shape index (κ1) is 14.8. The molecule has 0 unspecified atom stereocenters. The van der Waals surface area contributed by atoms with Crippen LogP contribution in [0.4, 0.5) is 4.39 Å². The number of ketones is 1. The maximum absolute atomic E-state index is 13.8. The lowest BCUT2D eigenvalue weighted by Crippen LogP contribution is -2.24. The normalized spacial score (nSPS) is 11.0. The molecule has 0 aliphatic heterocycles. The highest BCUT2D eigenvalue weighted by Crippen LogP contribution is 2.18. The van der Waals surface area contributed by atoms with Crippen LogP contribution in [0.3, 0.4) is 0 Å². The largest absolute Gasteiger partial charge is 0.315 e. The number of Topliss-reactive ketones (excluding diaryl/α,β-unsaturated/α-hetero) is 1. The van der Waals surface area contributed by atoms with Crippen LogP contribution >= 0.6 is 0 Å². The van der Waals surface area contributed by atoms with Crippen LogP contribution in [0.2, 0.25) is 0 Å². The van der Waals surface area contributed by atoms with Gasteiger partial charge in [0, 0.05) is 12.5 Å². The summed E-state index contributed by atoms with van der Waals surface area (Å²) in [5.41, 5.74) is 1.84. The number of carbonyl (C=O) groups is 1. The molecular weight excluding hydrogens is 229 g/mol. The van der Waals surface area contributed by atoms with Gasteiger partial charge in [-0.2, -0.15) is 0 Å². The summed E-state index contributed by atoms with van der Waals surface area (Å²) in [5.74, 6) is -0.495. The van der Waals surface area contributed by atoms with Crippen LogP contribution in [-0.4, -0.2) is 18.4 Å². The van der Waals surface area contributed by atoms with Crippen molar-refractivity contribution in [2.45, 2.75) is 46.6 Å². The summed E-state index contributed by atoms with van der Waals surface area (Å²) in [4.78, 5) is 12.0. The molecule has 0 saturated carbocycles. The van der Waals surface area contributed by atoms with E-state index in [2.05, 4.69) is 19.2 Å². The second kappa shape index (κ2) is 6.64. The monoisotopic (exact) mass is 251 g/mol. The maximum atomic E-state index is 13.8. The van der Waals surface area contributed by atoms with E-state index in [9.17, 15) is 9.18 Å². The topological polar surface area (TPSA) is 29.1 Å². The molecule has 0 spiro atoms. The molecule has 0 saturated heterocycles. The SMILES string of the molecule is Cc1cc(C)c(C(=O)CCCNC(C)C)c(F)c1. The summed E-state index contributed by atoms with van der Waals surface area (Å²) < 4.78 is 13.8. The third kappa shape index (κ3) is 4.22. The van der Waals surface area contributed by atoms with Gasteiger partial charge in [-0.15, -0.1) is 0 Å². The number of nitrogens with one attached hydrogen (secondary N) is 1. The van der Waals surface area contributed by atoms with Crippen LogP contribution in [0.15, 0.2) is 12.1 Å². The molecule has 1 aromatic carbocycles. The highest BCUT2D eigenvalue weighted by molar-refractivity contribution is 5.97. The number of benzene rings is 1. The Morgan fingerprint density at radius 1 is 1.33 bits per heavy atom. The van der Waals surface area contributed by atoms with Crippen molar-refractivity contribution in [3.05, 3.63) is 34.6 Å². The van der Waals surface area contributed by atoms with Gasteiger partial charge in [-0.05, 0) is 44.0 Å². The van der Waals surface area contributed by atoms with Crippen LogP contribution in [0.1, 0.15) is 48.2 Å². The summed E-state index contributed by atoms with van der Waals surface area (Å²) in [6, 6.07) is 3.69. The molecule has 0 aliphatic rings. The number of hydrogen-bond acceptors (Lipinski definition) is 2. The van der Waals surface area contributed by atoms with E-state index in [1.807, 2.05) is 13.0 Å². The van der Waals surface area contributed by atoms with Crippen LogP contribution in [0.25, 0.3) is 0 Å². The molecule has 1 N–H and O–H groups in total. The van der Waals surface area contributed by atoms with Gasteiger partial charge in [0.1, 0.15) is 5.82 Å². The van der Waals surface area contributed by atoms with Crippen molar-refractivity contribution in [1.29, 1.82) is 0 Å². The molecular formula is C15H22FNO. The van der Waals surface area contributed by atoms with Crippen molar-refractivity contribution in [2.24, 2.45) is 0 Å². The Bertz CT molecular complexity index is 403. The highest BCUT2D eigenvalue weighted by Gasteiger charge is 2.14. The number of hydrogen-bond donors (Lipinski definition) is 1. The van der Waals surface area contributed by atoms with E-state index >= 15 is 0 Å². The molecule has 1 aromatic rings. The second-order valence-corrected chi connectivity index (χ2v) is 5.07. The number of aryl methyl sites for hydroxylation is 2. The molecule has 0 aliphatic carbocycles. The molecule has 3 heteroatoms. The molecule has 2 nitrogen and oxygen atoms in total. The van der Waals surface area contributed by atoms with Gasteiger partial charge >= 0.3 is 0 Å². The van der Waals surface area contributed by atoms with E-state index in [4.69, 9.17) is 0 Å². The molecule has 0 aromatic heterocycles. The zero-order valence-corrected chi connectivity index (χ0v) is 11.6. The summed E-state index contributed by atoms with van der Waals surface area (Å²) in [6.45, 7) is 8.53. The first-order chi connectivity index (χ1) is 8.41. The van der Waals surface area contributed by atoms with E-state index in [0.717, 1.165) is 24.1 Å². The predicted molar refractivity (Wildman–Crippen MR) is 72.6 cm³/mol. The second-order valence-electron chi connectivity index (χ2n) is 5.07. The lowest BCUT2D eigenvalue weighted by atomic mass is 9.99. The minimum atomic E-state index is -0.394. The third-order valence-electron chi connectivity index (χ3n) is 2.84. The fraction of sp³-hybridized carbons (Fsp3) is 0.533. The van der Waals surface area contributed by atoms with Crippen molar-refractivity contribution in [1.82, 2.24) is 5.32 Å². The predicted octanol–water partition coefficient (Wildman–Crippen LogP) is 3.40. The van der Waals surface area contributed by atoms with Gasteiger partial charge in [0.25, 0.3) is 0 Å². The van der Waals surface area contributed by atoms with Gasteiger partial charge in [-0.1, -0.05) is 19.9 Å². The Labute approximate surface area is 109 Å². The number of rotatable bonds is 6. The first-order valence-corrected chi connectivity index (χ1v) is 6.45. The fourth-order valence-electron chi connectivity index (χ4n) is 2.03. The van der Waals surface area contributed by atoms with Crippen molar-refractivity contribution in [3.8, 4) is 0 Å². The van der Waals surface area contributed by atoms with Gasteiger partial charge in [0.15, 0.2) is 5.78 Å². The third-order valence-corrected chi connectivity index (χ3v) is 2.84. The fourth-order valence-corrected chi connectivity index (χ4v) is 2.03. The van der Waals surface area contributed by atoms with Crippen LogP contribution in [0.5, 0.6) is 0 Å². The number of halogens is 1. The Kier molecular flexibility index (Phi) is 5.48. The van der Waals surface area contributed by atoms with Crippen molar-refractivity contribution in [2.75, 3.05) is 6.54 Å². The van der Waals surface area contributed by atoms with E-state index in [-0.39, 0.29) is 11.3 Å². The Morgan fingerprint density at radius 3 is 2.56 bits per heavy atom. The molecule has 0 atom stereocenters. The summed E-state index contributed by atoms with van der Waals surface area (Å²) in [7, 11) is 0. The lowest BCUT2D eigenvalue weighted by Gasteiger charge is -2.09. The minimum absolute atomic E-state index is 0.101. The molecule has 0 radical (unpaired) electrons. The van der Waals surface area contributed by atoms with Gasteiger partial charge in [-0.25, -0.2) is 4.39 Å². The molecule has 0 fully saturated rings. The average molecular weight is 251 g/mol. The van der Waals surface area contributed by atoms with E-state index in [0.29, 0.717) is 12.5 Å². The smallest absolute Gasteiger partial charge is 0.166 e. The Balaban J connectivity index is 2.62. The van der Waals surface area contributed by atoms with Crippen molar-refractivity contribution in [3.63, 3.8) is 0 Å². The van der Waals surface area contributed by atoms with E-state index in [1.165, 1.54) is 6.07 Å². The Hall–Kier alpha value is -1.22. The zero-order chi connectivity index (χ0) is 13.7. The van der Waals surface area contributed by atoms with Gasteiger partial charge in [0.05, 0.1) is 5.56 Å². The number of carbonyl (C=O) groups excluding carboxylic acids is 1. The van der Waals surface area contributed by atoms with Crippen molar-refractivity contribution < 1.29 is 9.18 Å². The van der Waals surface area contributed by atoms with E-state index < -0.39 is 5.82 Å². The maximum Gasteiger partial charge on any atom is 0.166 e. The molecule has 18 heavy (non-hydrogen) atoms. The van der Waals surface area contributed by atoms with Gasteiger partial charge < -0.3 is 5.32 Å². The highest BCUT2D eigenvalue weighted by atomic mass is 19.1. The molecule has 1 rings (SSSR count). The van der Waals surface area contributed by atoms with Crippen LogP contribution in [-0.2, 0) is 0 Å². The summed E-state index contributed by atoms with van der Waals surface area (Å²) in [5, 5.41) is 3.24.